The first-order valence-corrected chi connectivity index (χ1v) is 11.5. The van der Waals surface area contributed by atoms with E-state index in [1.807, 2.05) is 86.6 Å². The van der Waals surface area contributed by atoms with E-state index < -0.39 is 0 Å². The molecule has 1 aliphatic rings. The van der Waals surface area contributed by atoms with Crippen molar-refractivity contribution >= 4 is 35.0 Å². The lowest BCUT2D eigenvalue weighted by Gasteiger charge is -2.17. The summed E-state index contributed by atoms with van der Waals surface area (Å²) in [6, 6.07) is 23.2. The second-order valence-corrected chi connectivity index (χ2v) is 9.27. The van der Waals surface area contributed by atoms with Gasteiger partial charge in [0.25, 0.3) is 11.8 Å². The zero-order valence-corrected chi connectivity index (χ0v) is 19.5. The van der Waals surface area contributed by atoms with Gasteiger partial charge in [0.05, 0.1) is 5.69 Å². The van der Waals surface area contributed by atoms with Crippen LogP contribution in [0.4, 0.5) is 11.4 Å². The summed E-state index contributed by atoms with van der Waals surface area (Å²) in [6.07, 6.45) is 0. The zero-order chi connectivity index (χ0) is 22.8. The van der Waals surface area contributed by atoms with Gasteiger partial charge in [-0.25, -0.2) is 4.90 Å². The molecule has 0 saturated carbocycles. The third-order valence-electron chi connectivity index (χ3n) is 5.69. The molecule has 5 heteroatoms. The van der Waals surface area contributed by atoms with Crippen LogP contribution in [0.3, 0.4) is 0 Å². The number of rotatable bonds is 6. The first-order valence-electron chi connectivity index (χ1n) is 10.7. The van der Waals surface area contributed by atoms with Crippen LogP contribution in [0.25, 0.3) is 0 Å². The highest BCUT2D eigenvalue weighted by molar-refractivity contribution is 8.04. The summed E-state index contributed by atoms with van der Waals surface area (Å²) in [5, 5.41) is 3.28. The Balaban J connectivity index is 1.74. The molecular weight excluding hydrogens is 416 g/mol. The summed E-state index contributed by atoms with van der Waals surface area (Å²) in [4.78, 5) is 29.6. The van der Waals surface area contributed by atoms with Gasteiger partial charge in [0.1, 0.15) is 10.6 Å². The molecule has 0 unspecified atom stereocenters. The third-order valence-corrected chi connectivity index (χ3v) is 6.78. The number of carbonyl (C=O) groups excluding carboxylic acids is 2. The largest absolute Gasteiger partial charge is 0.350 e. The summed E-state index contributed by atoms with van der Waals surface area (Å²) in [5.74, 6) is -0.279. The predicted octanol–water partition coefficient (Wildman–Crippen LogP) is 6.42. The quantitative estimate of drug-likeness (QED) is 0.448. The number of anilines is 2. The van der Waals surface area contributed by atoms with Crippen molar-refractivity contribution in [1.82, 2.24) is 0 Å². The highest BCUT2D eigenvalue weighted by Gasteiger charge is 2.40. The van der Waals surface area contributed by atoms with Crippen LogP contribution in [-0.2, 0) is 9.59 Å². The van der Waals surface area contributed by atoms with Crippen LogP contribution in [0, 0.1) is 13.8 Å². The molecule has 3 aromatic carbocycles. The molecule has 3 aromatic rings. The lowest BCUT2D eigenvalue weighted by atomic mass is 10.0. The Kier molecular flexibility index (Phi) is 6.19. The third kappa shape index (κ3) is 4.21. The minimum atomic E-state index is -0.341. The summed E-state index contributed by atoms with van der Waals surface area (Å²) in [7, 11) is 0. The Morgan fingerprint density at radius 2 is 1.50 bits per heavy atom. The maximum absolute atomic E-state index is 13.5. The van der Waals surface area contributed by atoms with Crippen LogP contribution in [0.1, 0.15) is 36.5 Å². The van der Waals surface area contributed by atoms with Gasteiger partial charge in [0, 0.05) is 10.6 Å². The fourth-order valence-electron chi connectivity index (χ4n) is 3.58. The smallest absolute Gasteiger partial charge is 0.283 e. The van der Waals surface area contributed by atoms with Crippen LogP contribution in [-0.4, -0.2) is 11.8 Å². The van der Waals surface area contributed by atoms with E-state index in [1.54, 1.807) is 0 Å². The van der Waals surface area contributed by atoms with Crippen molar-refractivity contribution in [2.75, 3.05) is 10.2 Å². The molecule has 0 atom stereocenters. The number of benzene rings is 3. The van der Waals surface area contributed by atoms with Gasteiger partial charge in [-0.15, -0.1) is 0 Å². The summed E-state index contributed by atoms with van der Waals surface area (Å²) >= 11 is 1.31. The van der Waals surface area contributed by atoms with Gasteiger partial charge in [-0.1, -0.05) is 68.1 Å². The predicted molar refractivity (Wildman–Crippen MR) is 132 cm³/mol. The van der Waals surface area contributed by atoms with E-state index in [-0.39, 0.29) is 11.8 Å². The second-order valence-electron chi connectivity index (χ2n) is 8.18. The van der Waals surface area contributed by atoms with Crippen LogP contribution in [0.5, 0.6) is 0 Å². The molecule has 2 amide bonds. The lowest BCUT2D eigenvalue weighted by molar-refractivity contribution is -0.120. The Hall–Kier alpha value is -3.31. The summed E-state index contributed by atoms with van der Waals surface area (Å²) < 4.78 is 0. The average Bonchev–Trinajstić information content (AvgIpc) is 3.01. The second kappa shape index (κ2) is 9.05. The van der Waals surface area contributed by atoms with Crippen molar-refractivity contribution in [3.05, 3.63) is 100 Å². The maximum Gasteiger partial charge on any atom is 0.283 e. The fraction of sp³-hybridized carbons (Fsp3) is 0.185. The molecule has 162 valence electrons. The first-order chi connectivity index (χ1) is 15.4. The van der Waals surface area contributed by atoms with Crippen molar-refractivity contribution in [2.45, 2.75) is 38.5 Å². The van der Waals surface area contributed by atoms with E-state index in [9.17, 15) is 9.59 Å². The van der Waals surface area contributed by atoms with Gasteiger partial charge in [-0.3, -0.25) is 9.59 Å². The van der Waals surface area contributed by atoms with Crippen molar-refractivity contribution in [1.29, 1.82) is 0 Å². The monoisotopic (exact) mass is 442 g/mol. The molecule has 1 N–H and O–H groups in total. The lowest BCUT2D eigenvalue weighted by Crippen LogP contribution is -2.32. The maximum atomic E-state index is 13.5. The molecule has 0 radical (unpaired) electrons. The summed E-state index contributed by atoms with van der Waals surface area (Å²) in [6.45, 7) is 8.26. The Bertz CT molecular complexity index is 1200. The van der Waals surface area contributed by atoms with Gasteiger partial charge >= 0.3 is 0 Å². The molecule has 0 saturated heterocycles. The van der Waals surface area contributed by atoms with Crippen molar-refractivity contribution in [2.24, 2.45) is 0 Å². The van der Waals surface area contributed by atoms with E-state index in [0.717, 1.165) is 27.3 Å². The van der Waals surface area contributed by atoms with Gasteiger partial charge in [0.15, 0.2) is 0 Å². The average molecular weight is 443 g/mol. The highest BCUT2D eigenvalue weighted by Crippen LogP contribution is 2.38. The van der Waals surface area contributed by atoms with E-state index in [4.69, 9.17) is 0 Å². The van der Waals surface area contributed by atoms with Crippen molar-refractivity contribution in [3.8, 4) is 0 Å². The molecule has 0 aliphatic carbocycles. The van der Waals surface area contributed by atoms with Crippen molar-refractivity contribution in [3.63, 3.8) is 0 Å². The minimum Gasteiger partial charge on any atom is -0.350 e. The SMILES string of the molecule is Cc1cccc(NC2=C(Sc3ccccc3)C(=O)N(c3ccc(C(C)C)cc3)C2=O)c1C. The molecule has 0 bridgehead atoms. The van der Waals surface area contributed by atoms with Crippen LogP contribution < -0.4 is 10.2 Å². The molecule has 0 spiro atoms. The van der Waals surface area contributed by atoms with Gasteiger partial charge in [0.2, 0.25) is 0 Å². The number of nitrogens with zero attached hydrogens (tertiary/aromatic N) is 1. The molecular formula is C27H26N2O2S. The van der Waals surface area contributed by atoms with Gasteiger partial charge in [-0.2, -0.15) is 0 Å². The molecule has 32 heavy (non-hydrogen) atoms. The Morgan fingerprint density at radius 1 is 0.812 bits per heavy atom. The number of aryl methyl sites for hydroxylation is 1. The first kappa shape index (κ1) is 21.9. The summed E-state index contributed by atoms with van der Waals surface area (Å²) in [5.41, 5.74) is 5.03. The zero-order valence-electron chi connectivity index (χ0n) is 18.7. The molecule has 0 aromatic heterocycles. The van der Waals surface area contributed by atoms with E-state index in [2.05, 4.69) is 19.2 Å². The van der Waals surface area contributed by atoms with Crippen molar-refractivity contribution < 1.29 is 9.59 Å². The Morgan fingerprint density at radius 3 is 2.16 bits per heavy atom. The van der Waals surface area contributed by atoms with E-state index in [0.29, 0.717) is 22.2 Å². The molecule has 0 fully saturated rings. The van der Waals surface area contributed by atoms with Crippen LogP contribution >= 0.6 is 11.8 Å². The number of amides is 2. The van der Waals surface area contributed by atoms with E-state index >= 15 is 0 Å². The Labute approximate surface area is 193 Å². The van der Waals surface area contributed by atoms with E-state index in [1.165, 1.54) is 16.7 Å². The number of thioether (sulfide) groups is 1. The van der Waals surface area contributed by atoms with Gasteiger partial charge in [-0.05, 0) is 66.8 Å². The number of imide groups is 1. The minimum absolute atomic E-state index is 0.311. The number of hydrogen-bond acceptors (Lipinski definition) is 4. The number of nitrogens with one attached hydrogen (secondary N) is 1. The van der Waals surface area contributed by atoms with Crippen LogP contribution in [0.15, 0.2) is 88.3 Å². The fourth-order valence-corrected chi connectivity index (χ4v) is 4.53. The highest BCUT2D eigenvalue weighted by atomic mass is 32.2. The topological polar surface area (TPSA) is 49.4 Å². The van der Waals surface area contributed by atoms with Crippen LogP contribution in [0.2, 0.25) is 0 Å². The standard InChI is InChI=1S/C27H26N2O2S/c1-17(2)20-13-15-21(16-14-20)29-26(30)24(28-23-12-8-9-18(3)19(23)4)25(27(29)31)32-22-10-6-5-7-11-22/h5-17,28H,1-4H3. The normalized spacial score (nSPS) is 14.0. The molecule has 1 heterocycles. The number of carbonyl (C=O) groups is 2. The van der Waals surface area contributed by atoms with Gasteiger partial charge < -0.3 is 5.32 Å². The molecule has 4 nitrogen and oxygen atoms in total. The molecule has 1 aliphatic heterocycles. The number of hydrogen-bond donors (Lipinski definition) is 1. The molecule has 4 rings (SSSR count).